The molecule has 0 aliphatic rings. The number of rotatable bonds is 4. The lowest BCUT2D eigenvalue weighted by molar-refractivity contribution is 0.0951. The van der Waals surface area contributed by atoms with Crippen molar-refractivity contribution in [2.24, 2.45) is 0 Å². The third-order valence-electron chi connectivity index (χ3n) is 3.63. The molecule has 2 aromatic rings. The Balaban J connectivity index is 1.93. The molecule has 1 N–H and O–H groups in total. The number of hydrogen-bond acceptors (Lipinski definition) is 2. The highest BCUT2D eigenvalue weighted by molar-refractivity contribution is 5.94. The highest BCUT2D eigenvalue weighted by Gasteiger charge is 2.08. The van der Waals surface area contributed by atoms with Gasteiger partial charge in [-0.15, -0.1) is 0 Å². The smallest absolute Gasteiger partial charge is 0.251 e. The van der Waals surface area contributed by atoms with Gasteiger partial charge in [0.25, 0.3) is 5.91 Å². The van der Waals surface area contributed by atoms with Crippen molar-refractivity contribution >= 4 is 5.91 Å². The first kappa shape index (κ1) is 14.3. The van der Waals surface area contributed by atoms with Gasteiger partial charge in [0, 0.05) is 17.8 Å². The second-order valence-corrected chi connectivity index (χ2v) is 5.14. The van der Waals surface area contributed by atoms with Crippen LogP contribution in [0.15, 0.2) is 24.3 Å². The largest absolute Gasteiger partial charge is 0.350 e. The molecule has 1 amide bonds. The molecule has 0 atom stereocenters. The zero-order valence-electron chi connectivity index (χ0n) is 12.5. The minimum absolute atomic E-state index is 0.0352. The second-order valence-electron chi connectivity index (χ2n) is 5.14. The number of carbonyl (C=O) groups excluding carboxylic acids is 1. The van der Waals surface area contributed by atoms with E-state index in [2.05, 4.69) is 24.3 Å². The van der Waals surface area contributed by atoms with Gasteiger partial charge in [0.2, 0.25) is 0 Å². The molecule has 4 nitrogen and oxygen atoms in total. The van der Waals surface area contributed by atoms with Crippen LogP contribution in [0.4, 0.5) is 0 Å². The number of nitrogens with one attached hydrogen (secondary N) is 1. The van der Waals surface area contributed by atoms with E-state index >= 15 is 0 Å². The van der Waals surface area contributed by atoms with Crippen LogP contribution in [0.3, 0.4) is 0 Å². The van der Waals surface area contributed by atoms with Gasteiger partial charge < -0.3 is 5.32 Å². The van der Waals surface area contributed by atoms with E-state index in [0.717, 1.165) is 17.0 Å². The molecule has 0 unspecified atom stereocenters. The Hall–Kier alpha value is -2.10. The summed E-state index contributed by atoms with van der Waals surface area (Å²) in [6.45, 7) is 9.38. The summed E-state index contributed by atoms with van der Waals surface area (Å²) in [4.78, 5) is 12.0. The second kappa shape index (κ2) is 5.90. The Morgan fingerprint density at radius 1 is 1.25 bits per heavy atom. The number of amides is 1. The van der Waals surface area contributed by atoms with Crippen LogP contribution < -0.4 is 5.32 Å². The lowest BCUT2D eigenvalue weighted by atomic mass is 10.1. The number of nitrogens with zero attached hydrogens (tertiary/aromatic N) is 2. The molecular weight excluding hydrogens is 250 g/mol. The molecule has 0 fully saturated rings. The zero-order chi connectivity index (χ0) is 14.7. The van der Waals surface area contributed by atoms with Crippen molar-refractivity contribution in [2.75, 3.05) is 6.54 Å². The lowest BCUT2D eigenvalue weighted by Gasteiger charge is -2.07. The maximum absolute atomic E-state index is 12.0. The highest BCUT2D eigenvalue weighted by atomic mass is 16.1. The molecule has 0 saturated carbocycles. The van der Waals surface area contributed by atoms with Gasteiger partial charge in [0.1, 0.15) is 0 Å². The number of hydrogen-bond donors (Lipinski definition) is 1. The molecule has 2 rings (SSSR count). The molecule has 0 aliphatic heterocycles. The third kappa shape index (κ3) is 3.07. The van der Waals surface area contributed by atoms with Crippen molar-refractivity contribution < 1.29 is 4.79 Å². The van der Waals surface area contributed by atoms with E-state index in [1.807, 2.05) is 42.8 Å². The first-order valence-corrected chi connectivity index (χ1v) is 6.84. The Morgan fingerprint density at radius 2 is 2.00 bits per heavy atom. The number of carbonyl (C=O) groups is 1. The Labute approximate surface area is 119 Å². The fourth-order valence-electron chi connectivity index (χ4n) is 2.17. The molecule has 1 aromatic carbocycles. The minimum atomic E-state index is -0.0352. The van der Waals surface area contributed by atoms with Crippen molar-refractivity contribution in [2.45, 2.75) is 34.2 Å². The highest BCUT2D eigenvalue weighted by Crippen LogP contribution is 2.10. The van der Waals surface area contributed by atoms with Gasteiger partial charge in [-0.25, -0.2) is 0 Å². The standard InChI is InChI=1S/C16H21N3O/c1-11-6-5-7-15(10-11)16(20)17-8-9-19-14(4)12(2)13(3)18-19/h5-7,10H,8-9H2,1-4H3,(H,17,20). The van der Waals surface area contributed by atoms with Crippen LogP contribution in [0.1, 0.15) is 32.9 Å². The van der Waals surface area contributed by atoms with Gasteiger partial charge in [0.15, 0.2) is 0 Å². The van der Waals surface area contributed by atoms with Gasteiger partial charge in [-0.05, 0) is 45.4 Å². The lowest BCUT2D eigenvalue weighted by Crippen LogP contribution is -2.27. The van der Waals surface area contributed by atoms with Crippen LogP contribution in [-0.4, -0.2) is 22.2 Å². The first-order chi connectivity index (χ1) is 9.49. The number of aryl methyl sites for hydroxylation is 2. The van der Waals surface area contributed by atoms with E-state index in [0.29, 0.717) is 18.7 Å². The molecule has 0 bridgehead atoms. The normalized spacial score (nSPS) is 10.6. The first-order valence-electron chi connectivity index (χ1n) is 6.84. The maximum atomic E-state index is 12.0. The predicted molar refractivity (Wildman–Crippen MR) is 80.0 cm³/mol. The number of aromatic nitrogens is 2. The predicted octanol–water partition coefficient (Wildman–Crippen LogP) is 2.55. The number of benzene rings is 1. The molecule has 106 valence electrons. The van der Waals surface area contributed by atoms with Crippen molar-refractivity contribution in [3.8, 4) is 0 Å². The van der Waals surface area contributed by atoms with Crippen LogP contribution in [0, 0.1) is 27.7 Å². The monoisotopic (exact) mass is 271 g/mol. The van der Waals surface area contributed by atoms with E-state index < -0.39 is 0 Å². The summed E-state index contributed by atoms with van der Waals surface area (Å²) < 4.78 is 1.95. The summed E-state index contributed by atoms with van der Waals surface area (Å²) in [5.74, 6) is -0.0352. The average Bonchev–Trinajstić information content (AvgIpc) is 2.66. The van der Waals surface area contributed by atoms with E-state index in [-0.39, 0.29) is 5.91 Å². The van der Waals surface area contributed by atoms with Crippen LogP contribution in [0.5, 0.6) is 0 Å². The molecule has 4 heteroatoms. The molecule has 1 heterocycles. The summed E-state index contributed by atoms with van der Waals surface area (Å²) in [6.07, 6.45) is 0. The van der Waals surface area contributed by atoms with Crippen LogP contribution >= 0.6 is 0 Å². The van der Waals surface area contributed by atoms with E-state index in [1.165, 1.54) is 5.56 Å². The summed E-state index contributed by atoms with van der Waals surface area (Å²) in [5, 5.41) is 7.39. The molecule has 0 spiro atoms. The Kier molecular flexibility index (Phi) is 4.23. The van der Waals surface area contributed by atoms with Gasteiger partial charge in [-0.3, -0.25) is 9.48 Å². The fourth-order valence-corrected chi connectivity index (χ4v) is 2.17. The third-order valence-corrected chi connectivity index (χ3v) is 3.63. The average molecular weight is 271 g/mol. The van der Waals surface area contributed by atoms with E-state index in [4.69, 9.17) is 0 Å². The van der Waals surface area contributed by atoms with Crippen LogP contribution in [-0.2, 0) is 6.54 Å². The Bertz CT molecular complexity index is 629. The SMILES string of the molecule is Cc1cccc(C(=O)NCCn2nc(C)c(C)c2C)c1. The summed E-state index contributed by atoms with van der Waals surface area (Å²) in [5.41, 5.74) is 5.22. The zero-order valence-corrected chi connectivity index (χ0v) is 12.5. The van der Waals surface area contributed by atoms with Crippen molar-refractivity contribution in [1.82, 2.24) is 15.1 Å². The van der Waals surface area contributed by atoms with Crippen LogP contribution in [0.25, 0.3) is 0 Å². The fraction of sp³-hybridized carbons (Fsp3) is 0.375. The quantitative estimate of drug-likeness (QED) is 0.929. The topological polar surface area (TPSA) is 46.9 Å². The molecule has 1 aromatic heterocycles. The van der Waals surface area contributed by atoms with Crippen molar-refractivity contribution in [3.63, 3.8) is 0 Å². The van der Waals surface area contributed by atoms with Gasteiger partial charge in [0.05, 0.1) is 12.2 Å². The van der Waals surface area contributed by atoms with E-state index in [9.17, 15) is 4.79 Å². The minimum Gasteiger partial charge on any atom is -0.350 e. The maximum Gasteiger partial charge on any atom is 0.251 e. The van der Waals surface area contributed by atoms with Crippen molar-refractivity contribution in [1.29, 1.82) is 0 Å². The summed E-state index contributed by atoms with van der Waals surface area (Å²) in [7, 11) is 0. The molecule has 0 radical (unpaired) electrons. The van der Waals surface area contributed by atoms with Crippen LogP contribution in [0.2, 0.25) is 0 Å². The van der Waals surface area contributed by atoms with Crippen molar-refractivity contribution in [3.05, 3.63) is 52.3 Å². The van der Waals surface area contributed by atoms with Gasteiger partial charge in [-0.1, -0.05) is 17.7 Å². The molecule has 0 aliphatic carbocycles. The molecular formula is C16H21N3O. The summed E-state index contributed by atoms with van der Waals surface area (Å²) in [6, 6.07) is 7.60. The van der Waals surface area contributed by atoms with Gasteiger partial charge >= 0.3 is 0 Å². The molecule has 20 heavy (non-hydrogen) atoms. The Morgan fingerprint density at radius 3 is 2.60 bits per heavy atom. The van der Waals surface area contributed by atoms with E-state index in [1.54, 1.807) is 0 Å². The van der Waals surface area contributed by atoms with Gasteiger partial charge in [-0.2, -0.15) is 5.10 Å². The molecule has 0 saturated heterocycles. The summed E-state index contributed by atoms with van der Waals surface area (Å²) >= 11 is 0.